The number of nitrogens with one attached hydrogen (secondary N) is 1. The molecule has 0 unspecified atom stereocenters. The van der Waals surface area contributed by atoms with Gasteiger partial charge in [-0.05, 0) is 30.0 Å². The summed E-state index contributed by atoms with van der Waals surface area (Å²) in [6.45, 7) is 4.53. The Labute approximate surface area is 159 Å². The molecule has 2 aliphatic rings. The van der Waals surface area contributed by atoms with Crippen LogP contribution in [-0.2, 0) is 16.8 Å². The van der Waals surface area contributed by atoms with Crippen molar-refractivity contribution >= 4 is 16.8 Å². The molecule has 2 fully saturated rings. The Bertz CT molecular complexity index is 950. The Morgan fingerprint density at radius 3 is 2.37 bits per heavy atom. The van der Waals surface area contributed by atoms with Crippen molar-refractivity contribution in [3.63, 3.8) is 0 Å². The second-order valence-electron chi connectivity index (χ2n) is 7.88. The maximum Gasteiger partial charge on any atom is 0.233 e. The van der Waals surface area contributed by atoms with Gasteiger partial charge in [0, 0.05) is 49.8 Å². The van der Waals surface area contributed by atoms with Crippen LogP contribution in [0.25, 0.3) is 10.9 Å². The number of carbonyl (C=O) groups excluding carboxylic acids is 1. The molecule has 2 heterocycles. The van der Waals surface area contributed by atoms with Crippen molar-refractivity contribution in [1.82, 2.24) is 14.8 Å². The topological polar surface area (TPSA) is 39.3 Å². The zero-order chi connectivity index (χ0) is 18.3. The summed E-state index contributed by atoms with van der Waals surface area (Å²) >= 11 is 0. The molecule has 5 rings (SSSR count). The van der Waals surface area contributed by atoms with Gasteiger partial charge in [0.2, 0.25) is 5.91 Å². The fourth-order valence-corrected chi connectivity index (χ4v) is 4.44. The zero-order valence-electron chi connectivity index (χ0n) is 15.5. The standard InChI is InChI=1S/C23H25N3O/c27-22(23(10-11-23)20-16-24-21-9-5-4-8-19(20)21)26-14-12-25(13-15-26)17-18-6-2-1-3-7-18/h1-9,16,24H,10-15,17H2. The van der Waals surface area contributed by atoms with Gasteiger partial charge in [0.1, 0.15) is 0 Å². The number of aromatic nitrogens is 1. The van der Waals surface area contributed by atoms with Crippen LogP contribution in [0.1, 0.15) is 24.0 Å². The molecule has 1 saturated heterocycles. The molecule has 138 valence electrons. The van der Waals surface area contributed by atoms with E-state index in [0.29, 0.717) is 5.91 Å². The molecule has 1 saturated carbocycles. The molecular formula is C23H25N3O. The predicted octanol–water partition coefficient (Wildman–Crippen LogP) is 3.54. The maximum absolute atomic E-state index is 13.4. The van der Waals surface area contributed by atoms with E-state index in [1.54, 1.807) is 0 Å². The second kappa shape index (κ2) is 6.54. The lowest BCUT2D eigenvalue weighted by Gasteiger charge is -2.36. The Hall–Kier alpha value is -2.59. The second-order valence-corrected chi connectivity index (χ2v) is 7.88. The van der Waals surface area contributed by atoms with E-state index in [4.69, 9.17) is 0 Å². The van der Waals surface area contributed by atoms with E-state index in [1.807, 2.05) is 6.07 Å². The van der Waals surface area contributed by atoms with Crippen molar-refractivity contribution in [1.29, 1.82) is 0 Å². The summed E-state index contributed by atoms with van der Waals surface area (Å²) in [5, 5.41) is 1.20. The highest BCUT2D eigenvalue weighted by Gasteiger charge is 2.54. The number of hydrogen-bond acceptors (Lipinski definition) is 2. The Balaban J connectivity index is 1.28. The van der Waals surface area contributed by atoms with Gasteiger partial charge in [-0.3, -0.25) is 9.69 Å². The van der Waals surface area contributed by atoms with E-state index in [0.717, 1.165) is 51.1 Å². The van der Waals surface area contributed by atoms with Crippen molar-refractivity contribution in [2.24, 2.45) is 0 Å². The van der Waals surface area contributed by atoms with Crippen molar-refractivity contribution < 1.29 is 4.79 Å². The first-order valence-corrected chi connectivity index (χ1v) is 9.88. The summed E-state index contributed by atoms with van der Waals surface area (Å²) in [5.41, 5.74) is 3.37. The molecule has 1 aliphatic heterocycles. The average Bonchev–Trinajstić information content (AvgIpc) is 3.41. The van der Waals surface area contributed by atoms with Gasteiger partial charge in [-0.1, -0.05) is 48.5 Å². The van der Waals surface area contributed by atoms with E-state index >= 15 is 0 Å². The lowest BCUT2D eigenvalue weighted by atomic mass is 9.93. The number of benzene rings is 2. The molecule has 3 aromatic rings. The number of H-pyrrole nitrogens is 1. The molecule has 1 aromatic heterocycles. The minimum absolute atomic E-state index is 0.290. The zero-order valence-corrected chi connectivity index (χ0v) is 15.5. The third-order valence-electron chi connectivity index (χ3n) is 6.17. The Kier molecular flexibility index (Phi) is 4.01. The van der Waals surface area contributed by atoms with Crippen LogP contribution in [0.4, 0.5) is 0 Å². The maximum atomic E-state index is 13.4. The quantitative estimate of drug-likeness (QED) is 0.774. The van der Waals surface area contributed by atoms with E-state index in [-0.39, 0.29) is 5.41 Å². The lowest BCUT2D eigenvalue weighted by molar-refractivity contribution is -0.135. The molecule has 1 aliphatic carbocycles. The molecule has 0 bridgehead atoms. The van der Waals surface area contributed by atoms with Gasteiger partial charge in [0.05, 0.1) is 5.41 Å². The summed E-state index contributed by atoms with van der Waals surface area (Å²) < 4.78 is 0. The number of hydrogen-bond donors (Lipinski definition) is 1. The van der Waals surface area contributed by atoms with Crippen molar-refractivity contribution in [2.45, 2.75) is 24.8 Å². The summed E-state index contributed by atoms with van der Waals surface area (Å²) in [5.74, 6) is 0.326. The number of fused-ring (bicyclic) bond motifs is 1. The third kappa shape index (κ3) is 2.94. The molecule has 1 amide bonds. The highest BCUT2D eigenvalue weighted by molar-refractivity contribution is 5.97. The molecule has 27 heavy (non-hydrogen) atoms. The minimum atomic E-state index is -0.290. The number of aromatic amines is 1. The van der Waals surface area contributed by atoms with Crippen LogP contribution < -0.4 is 0 Å². The SMILES string of the molecule is O=C(N1CCN(Cc2ccccc2)CC1)C1(c2c[nH]c3ccccc23)CC1. The minimum Gasteiger partial charge on any atom is -0.361 e. The van der Waals surface area contributed by atoms with Gasteiger partial charge < -0.3 is 9.88 Å². The average molecular weight is 359 g/mol. The fraction of sp³-hybridized carbons (Fsp3) is 0.348. The lowest BCUT2D eigenvalue weighted by Crippen LogP contribution is -2.51. The molecular weight excluding hydrogens is 334 g/mol. The van der Waals surface area contributed by atoms with E-state index < -0.39 is 0 Å². The van der Waals surface area contributed by atoms with Gasteiger partial charge >= 0.3 is 0 Å². The van der Waals surface area contributed by atoms with Crippen LogP contribution >= 0.6 is 0 Å². The summed E-state index contributed by atoms with van der Waals surface area (Å²) in [4.78, 5) is 21.3. The predicted molar refractivity (Wildman–Crippen MR) is 108 cm³/mol. The summed E-state index contributed by atoms with van der Waals surface area (Å²) in [7, 11) is 0. The van der Waals surface area contributed by atoms with Gasteiger partial charge in [-0.15, -0.1) is 0 Å². The first kappa shape index (κ1) is 16.6. The molecule has 1 N–H and O–H groups in total. The fourth-order valence-electron chi connectivity index (χ4n) is 4.44. The van der Waals surface area contributed by atoms with E-state index in [2.05, 4.69) is 69.5 Å². The summed E-state index contributed by atoms with van der Waals surface area (Å²) in [6.07, 6.45) is 4.00. The molecule has 0 radical (unpaired) electrons. The van der Waals surface area contributed by atoms with E-state index in [9.17, 15) is 4.79 Å². The van der Waals surface area contributed by atoms with Crippen LogP contribution in [0.3, 0.4) is 0 Å². The number of amides is 1. The normalized spacial score (nSPS) is 19.3. The summed E-state index contributed by atoms with van der Waals surface area (Å²) in [6, 6.07) is 18.9. The first-order valence-electron chi connectivity index (χ1n) is 9.88. The number of rotatable bonds is 4. The Morgan fingerprint density at radius 1 is 0.926 bits per heavy atom. The number of carbonyl (C=O) groups is 1. The monoisotopic (exact) mass is 359 g/mol. The van der Waals surface area contributed by atoms with Crippen molar-refractivity contribution in [3.8, 4) is 0 Å². The highest BCUT2D eigenvalue weighted by Crippen LogP contribution is 2.51. The number of para-hydroxylation sites is 1. The molecule has 0 spiro atoms. The molecule has 2 aromatic carbocycles. The van der Waals surface area contributed by atoms with Crippen LogP contribution in [0, 0.1) is 0 Å². The molecule has 4 heteroatoms. The van der Waals surface area contributed by atoms with Gasteiger partial charge in [0.25, 0.3) is 0 Å². The van der Waals surface area contributed by atoms with Gasteiger partial charge in [0.15, 0.2) is 0 Å². The van der Waals surface area contributed by atoms with Crippen LogP contribution in [-0.4, -0.2) is 46.9 Å². The Morgan fingerprint density at radius 2 is 1.63 bits per heavy atom. The van der Waals surface area contributed by atoms with Crippen LogP contribution in [0.5, 0.6) is 0 Å². The molecule has 0 atom stereocenters. The largest absolute Gasteiger partial charge is 0.361 e. The first-order chi connectivity index (χ1) is 13.3. The van der Waals surface area contributed by atoms with Crippen molar-refractivity contribution in [2.75, 3.05) is 26.2 Å². The van der Waals surface area contributed by atoms with Gasteiger partial charge in [-0.2, -0.15) is 0 Å². The molecule has 4 nitrogen and oxygen atoms in total. The van der Waals surface area contributed by atoms with Crippen LogP contribution in [0.2, 0.25) is 0 Å². The van der Waals surface area contributed by atoms with E-state index in [1.165, 1.54) is 16.5 Å². The van der Waals surface area contributed by atoms with Crippen LogP contribution in [0.15, 0.2) is 60.8 Å². The van der Waals surface area contributed by atoms with Crippen molar-refractivity contribution in [3.05, 3.63) is 71.9 Å². The number of nitrogens with zero attached hydrogens (tertiary/aromatic N) is 2. The van der Waals surface area contributed by atoms with Gasteiger partial charge in [-0.25, -0.2) is 0 Å². The highest BCUT2D eigenvalue weighted by atomic mass is 16.2. The third-order valence-corrected chi connectivity index (χ3v) is 6.17. The number of piperazine rings is 1. The smallest absolute Gasteiger partial charge is 0.233 e.